The Morgan fingerprint density at radius 1 is 1.50 bits per heavy atom. The van der Waals surface area contributed by atoms with Gasteiger partial charge in [0.1, 0.15) is 6.04 Å². The topological polar surface area (TPSA) is 58.4 Å². The molecule has 1 saturated carbocycles. The van der Waals surface area contributed by atoms with Gasteiger partial charge in [0.25, 0.3) is 0 Å². The first-order valence-electron chi connectivity index (χ1n) is 7.67. The van der Waals surface area contributed by atoms with Crippen molar-refractivity contribution in [2.24, 2.45) is 11.8 Å². The van der Waals surface area contributed by atoms with E-state index in [2.05, 4.69) is 23.1 Å². The summed E-state index contributed by atoms with van der Waals surface area (Å²) in [6.07, 6.45) is 8.46. The van der Waals surface area contributed by atoms with Crippen molar-refractivity contribution in [1.82, 2.24) is 14.7 Å². The summed E-state index contributed by atoms with van der Waals surface area (Å²) >= 11 is 0. The Morgan fingerprint density at radius 2 is 2.35 bits per heavy atom. The van der Waals surface area contributed by atoms with Gasteiger partial charge in [-0.15, -0.1) is 0 Å². The quantitative estimate of drug-likeness (QED) is 0.894. The molecule has 0 radical (unpaired) electrons. The number of aryl methyl sites for hydroxylation is 1. The Balaban J connectivity index is 1.70. The van der Waals surface area contributed by atoms with Crippen LogP contribution in [-0.4, -0.2) is 38.3 Å². The second-order valence-electron chi connectivity index (χ2n) is 6.18. The first-order valence-corrected chi connectivity index (χ1v) is 7.67. The van der Waals surface area contributed by atoms with Crippen LogP contribution in [0.25, 0.3) is 0 Å². The van der Waals surface area contributed by atoms with Crippen molar-refractivity contribution in [2.45, 2.75) is 51.7 Å². The average molecular weight is 277 g/mol. The molecule has 0 bridgehead atoms. The summed E-state index contributed by atoms with van der Waals surface area (Å²) in [6.45, 7) is 4.70. The summed E-state index contributed by atoms with van der Waals surface area (Å²) in [7, 11) is 0. The highest BCUT2D eigenvalue weighted by molar-refractivity contribution is 5.74. The molecule has 3 unspecified atom stereocenters. The monoisotopic (exact) mass is 277 g/mol. The van der Waals surface area contributed by atoms with Crippen molar-refractivity contribution < 1.29 is 9.90 Å². The molecule has 2 fully saturated rings. The van der Waals surface area contributed by atoms with Crippen molar-refractivity contribution in [3.63, 3.8) is 0 Å². The Morgan fingerprint density at radius 3 is 3.10 bits per heavy atom. The Kier molecular flexibility index (Phi) is 3.78. The Labute approximate surface area is 119 Å². The van der Waals surface area contributed by atoms with E-state index in [9.17, 15) is 9.90 Å². The highest BCUT2D eigenvalue weighted by Crippen LogP contribution is 2.42. The molecule has 2 aliphatic rings. The van der Waals surface area contributed by atoms with Crippen molar-refractivity contribution >= 4 is 5.97 Å². The molecule has 5 nitrogen and oxygen atoms in total. The molecule has 1 aromatic heterocycles. The molecule has 110 valence electrons. The highest BCUT2D eigenvalue weighted by atomic mass is 16.4. The van der Waals surface area contributed by atoms with E-state index < -0.39 is 5.97 Å². The summed E-state index contributed by atoms with van der Waals surface area (Å²) in [5.74, 6) is 0.292. The zero-order chi connectivity index (χ0) is 14.1. The molecule has 0 aromatic carbocycles. The predicted molar refractivity (Wildman–Crippen MR) is 75.2 cm³/mol. The van der Waals surface area contributed by atoms with Gasteiger partial charge in [-0.2, -0.15) is 5.10 Å². The molecule has 20 heavy (non-hydrogen) atoms. The summed E-state index contributed by atoms with van der Waals surface area (Å²) in [5, 5.41) is 13.9. The van der Waals surface area contributed by atoms with E-state index in [4.69, 9.17) is 0 Å². The number of nitrogens with zero attached hydrogens (tertiary/aromatic N) is 3. The van der Waals surface area contributed by atoms with Gasteiger partial charge in [-0.3, -0.25) is 14.4 Å². The second kappa shape index (κ2) is 5.56. The minimum Gasteiger partial charge on any atom is -0.480 e. The summed E-state index contributed by atoms with van der Waals surface area (Å²) in [4.78, 5) is 13.7. The fourth-order valence-corrected chi connectivity index (χ4v) is 3.97. The van der Waals surface area contributed by atoms with Crippen LogP contribution in [0.2, 0.25) is 0 Å². The summed E-state index contributed by atoms with van der Waals surface area (Å²) < 4.78 is 1.95. The molecule has 1 N–H and O–H groups in total. The third-order valence-electron chi connectivity index (χ3n) is 4.76. The van der Waals surface area contributed by atoms with Crippen LogP contribution in [0.3, 0.4) is 0 Å². The minimum atomic E-state index is -0.652. The molecule has 2 heterocycles. The van der Waals surface area contributed by atoms with Crippen molar-refractivity contribution in [2.75, 3.05) is 6.54 Å². The van der Waals surface area contributed by atoms with Gasteiger partial charge in [0, 0.05) is 31.4 Å². The molecule has 5 heteroatoms. The van der Waals surface area contributed by atoms with Gasteiger partial charge in [0.15, 0.2) is 0 Å². The van der Waals surface area contributed by atoms with Crippen LogP contribution < -0.4 is 0 Å². The van der Waals surface area contributed by atoms with Gasteiger partial charge in [-0.1, -0.05) is 13.3 Å². The van der Waals surface area contributed by atoms with E-state index >= 15 is 0 Å². The molecule has 3 atom stereocenters. The third-order valence-corrected chi connectivity index (χ3v) is 4.76. The van der Waals surface area contributed by atoms with Crippen molar-refractivity contribution in [3.05, 3.63) is 18.0 Å². The second-order valence-corrected chi connectivity index (χ2v) is 6.18. The lowest BCUT2D eigenvalue weighted by molar-refractivity contribution is -0.143. The number of fused-ring (bicyclic) bond motifs is 1. The number of likely N-dealkylation sites (tertiary alicyclic amines) is 1. The molecular formula is C15H23N3O2. The smallest absolute Gasteiger partial charge is 0.321 e. The van der Waals surface area contributed by atoms with Gasteiger partial charge in [-0.05, 0) is 31.1 Å². The van der Waals surface area contributed by atoms with Gasteiger partial charge < -0.3 is 5.11 Å². The van der Waals surface area contributed by atoms with Crippen LogP contribution in [0.1, 0.15) is 38.2 Å². The van der Waals surface area contributed by atoms with Gasteiger partial charge in [0.2, 0.25) is 0 Å². The molecular weight excluding hydrogens is 254 g/mol. The average Bonchev–Trinajstić information content (AvgIpc) is 3.05. The lowest BCUT2D eigenvalue weighted by atomic mass is 9.94. The van der Waals surface area contributed by atoms with Crippen LogP contribution in [0.5, 0.6) is 0 Å². The zero-order valence-corrected chi connectivity index (χ0v) is 12.0. The molecule has 1 aliphatic carbocycles. The van der Waals surface area contributed by atoms with E-state index in [1.807, 2.05) is 10.9 Å². The summed E-state index contributed by atoms with van der Waals surface area (Å²) in [5.41, 5.74) is 1.13. The first-order chi connectivity index (χ1) is 9.69. The number of carbonyl (C=O) groups is 1. The van der Waals surface area contributed by atoms with Crippen LogP contribution in [-0.2, 0) is 17.9 Å². The maximum atomic E-state index is 11.6. The maximum absolute atomic E-state index is 11.6. The van der Waals surface area contributed by atoms with E-state index in [0.29, 0.717) is 18.4 Å². The minimum absolute atomic E-state index is 0.294. The number of hydrogen-bond acceptors (Lipinski definition) is 3. The van der Waals surface area contributed by atoms with Crippen LogP contribution in [0, 0.1) is 11.8 Å². The molecule has 1 saturated heterocycles. The van der Waals surface area contributed by atoms with E-state index in [1.54, 1.807) is 0 Å². The SMILES string of the molecule is CCCn1cc(CN2CC3CCCC3C2C(=O)O)cn1. The third kappa shape index (κ3) is 2.46. The largest absolute Gasteiger partial charge is 0.480 e. The summed E-state index contributed by atoms with van der Waals surface area (Å²) in [6, 6.07) is -0.294. The number of rotatable bonds is 5. The number of hydrogen-bond donors (Lipinski definition) is 1. The van der Waals surface area contributed by atoms with Crippen LogP contribution >= 0.6 is 0 Å². The maximum Gasteiger partial charge on any atom is 0.321 e. The van der Waals surface area contributed by atoms with E-state index in [0.717, 1.165) is 31.5 Å². The van der Waals surface area contributed by atoms with Crippen molar-refractivity contribution in [1.29, 1.82) is 0 Å². The highest BCUT2D eigenvalue weighted by Gasteiger charge is 2.47. The van der Waals surface area contributed by atoms with Crippen LogP contribution in [0.4, 0.5) is 0 Å². The Hall–Kier alpha value is -1.36. The number of aliphatic carboxylic acids is 1. The number of carboxylic acids is 1. The normalized spacial score (nSPS) is 29.8. The molecule has 1 aliphatic heterocycles. The molecule has 0 spiro atoms. The van der Waals surface area contributed by atoms with Gasteiger partial charge in [0.05, 0.1) is 6.20 Å². The standard InChI is InChI=1S/C15H23N3O2/c1-2-6-18-9-11(7-16-18)8-17-10-12-4-3-5-13(12)14(17)15(19)20/h7,9,12-14H,2-6,8,10H2,1H3,(H,19,20). The van der Waals surface area contributed by atoms with Crippen LogP contribution in [0.15, 0.2) is 12.4 Å². The Bertz CT molecular complexity index is 485. The van der Waals surface area contributed by atoms with E-state index in [-0.39, 0.29) is 6.04 Å². The van der Waals surface area contributed by atoms with Gasteiger partial charge >= 0.3 is 5.97 Å². The predicted octanol–water partition coefficient (Wildman–Crippen LogP) is 1.98. The molecule has 1 aromatic rings. The first kappa shape index (κ1) is 13.6. The van der Waals surface area contributed by atoms with E-state index in [1.165, 1.54) is 12.8 Å². The fraction of sp³-hybridized carbons (Fsp3) is 0.733. The number of aromatic nitrogens is 2. The molecule has 0 amide bonds. The molecule has 3 rings (SSSR count). The van der Waals surface area contributed by atoms with Crippen molar-refractivity contribution in [3.8, 4) is 0 Å². The van der Waals surface area contributed by atoms with Gasteiger partial charge in [-0.25, -0.2) is 0 Å². The number of carboxylic acid groups (broad SMARTS) is 1. The lowest BCUT2D eigenvalue weighted by Crippen LogP contribution is -2.39. The lowest BCUT2D eigenvalue weighted by Gasteiger charge is -2.23. The zero-order valence-electron chi connectivity index (χ0n) is 12.0. The fourth-order valence-electron chi connectivity index (χ4n) is 3.97.